The molecule has 0 saturated heterocycles. The van der Waals surface area contributed by atoms with E-state index in [1.807, 2.05) is 0 Å². The lowest BCUT2D eigenvalue weighted by Crippen LogP contribution is -2.35. The Bertz CT molecular complexity index is 268. The third-order valence-electron chi connectivity index (χ3n) is 4.70. The van der Waals surface area contributed by atoms with E-state index in [2.05, 4.69) is 13.8 Å². The van der Waals surface area contributed by atoms with Gasteiger partial charge in [0.2, 0.25) is 5.91 Å². The zero-order valence-corrected chi connectivity index (χ0v) is 16.0. The molecule has 0 spiro atoms. The monoisotopic (exact) mass is 327 g/mol. The highest BCUT2D eigenvalue weighted by atomic mass is 16.3. The van der Waals surface area contributed by atoms with Gasteiger partial charge in [-0.3, -0.25) is 4.79 Å². The van der Waals surface area contributed by atoms with E-state index in [0.717, 1.165) is 19.3 Å². The SMILES string of the molecule is CCCCCCCCCCCCC(CCC)C(=O)N(C)CCO. The van der Waals surface area contributed by atoms with Gasteiger partial charge in [-0.25, -0.2) is 0 Å². The van der Waals surface area contributed by atoms with Gasteiger partial charge in [-0.15, -0.1) is 0 Å². The van der Waals surface area contributed by atoms with Crippen molar-refractivity contribution < 1.29 is 9.90 Å². The molecule has 0 fully saturated rings. The van der Waals surface area contributed by atoms with Crippen molar-refractivity contribution in [2.45, 2.75) is 97.3 Å². The number of carbonyl (C=O) groups is 1. The molecule has 0 heterocycles. The zero-order valence-electron chi connectivity index (χ0n) is 16.0. The van der Waals surface area contributed by atoms with Crippen molar-refractivity contribution in [2.24, 2.45) is 5.92 Å². The highest BCUT2D eigenvalue weighted by Gasteiger charge is 2.20. The average molecular weight is 328 g/mol. The van der Waals surface area contributed by atoms with Crippen molar-refractivity contribution >= 4 is 5.91 Å². The summed E-state index contributed by atoms with van der Waals surface area (Å²) in [5.74, 6) is 0.377. The molecule has 0 aliphatic rings. The number of carbonyl (C=O) groups excluding carboxylic acids is 1. The lowest BCUT2D eigenvalue weighted by molar-refractivity contribution is -0.135. The standard InChI is InChI=1S/C20H41NO2/c1-4-6-7-8-9-10-11-12-13-14-16-19(15-5-2)20(23)21(3)17-18-22/h19,22H,4-18H2,1-3H3. The van der Waals surface area contributed by atoms with Gasteiger partial charge in [0.05, 0.1) is 6.61 Å². The quantitative estimate of drug-likeness (QED) is 0.398. The van der Waals surface area contributed by atoms with E-state index in [4.69, 9.17) is 5.11 Å². The first-order valence-electron chi connectivity index (χ1n) is 10.0. The molecule has 1 atom stereocenters. The fraction of sp³-hybridized carbons (Fsp3) is 0.950. The number of amides is 1. The van der Waals surface area contributed by atoms with E-state index < -0.39 is 0 Å². The number of unbranched alkanes of at least 4 members (excludes halogenated alkanes) is 9. The summed E-state index contributed by atoms with van der Waals surface area (Å²) in [4.78, 5) is 14.0. The second kappa shape index (κ2) is 16.3. The summed E-state index contributed by atoms with van der Waals surface area (Å²) >= 11 is 0. The summed E-state index contributed by atoms with van der Waals surface area (Å²) in [6.07, 6.45) is 16.4. The number of nitrogens with zero attached hydrogens (tertiary/aromatic N) is 1. The maximum Gasteiger partial charge on any atom is 0.225 e. The predicted octanol–water partition coefficient (Wildman–Crippen LogP) is 5.16. The molecule has 23 heavy (non-hydrogen) atoms. The summed E-state index contributed by atoms with van der Waals surface area (Å²) < 4.78 is 0. The highest BCUT2D eigenvalue weighted by molar-refractivity contribution is 5.78. The molecule has 0 rings (SSSR count). The summed E-state index contributed by atoms with van der Waals surface area (Å²) in [6, 6.07) is 0. The topological polar surface area (TPSA) is 40.5 Å². The summed E-state index contributed by atoms with van der Waals surface area (Å²) in [6.45, 7) is 4.92. The van der Waals surface area contributed by atoms with Crippen LogP contribution in [0.25, 0.3) is 0 Å². The van der Waals surface area contributed by atoms with E-state index in [0.29, 0.717) is 6.54 Å². The van der Waals surface area contributed by atoms with Crippen LogP contribution in [0, 0.1) is 5.92 Å². The van der Waals surface area contributed by atoms with Gasteiger partial charge >= 0.3 is 0 Å². The third kappa shape index (κ3) is 12.5. The molecule has 0 bridgehead atoms. The van der Waals surface area contributed by atoms with Crippen molar-refractivity contribution in [3.8, 4) is 0 Å². The van der Waals surface area contributed by atoms with Crippen LogP contribution in [0.2, 0.25) is 0 Å². The molecule has 0 aromatic carbocycles. The fourth-order valence-corrected chi connectivity index (χ4v) is 3.19. The van der Waals surface area contributed by atoms with Gasteiger partial charge in [-0.2, -0.15) is 0 Å². The molecule has 0 radical (unpaired) electrons. The molecule has 0 aliphatic carbocycles. The minimum Gasteiger partial charge on any atom is -0.395 e. The number of hydrogen-bond donors (Lipinski definition) is 1. The van der Waals surface area contributed by atoms with Gasteiger partial charge in [-0.1, -0.05) is 84.5 Å². The van der Waals surface area contributed by atoms with E-state index in [1.165, 1.54) is 64.2 Å². The fourth-order valence-electron chi connectivity index (χ4n) is 3.19. The first-order chi connectivity index (χ1) is 11.2. The molecular weight excluding hydrogens is 286 g/mol. The van der Waals surface area contributed by atoms with E-state index in [9.17, 15) is 4.79 Å². The molecule has 0 saturated carbocycles. The Morgan fingerprint density at radius 3 is 1.83 bits per heavy atom. The van der Waals surface area contributed by atoms with Crippen LogP contribution in [-0.2, 0) is 4.79 Å². The molecule has 0 aromatic rings. The van der Waals surface area contributed by atoms with Crippen LogP contribution >= 0.6 is 0 Å². The Morgan fingerprint density at radius 1 is 0.826 bits per heavy atom. The Hall–Kier alpha value is -0.570. The molecule has 3 nitrogen and oxygen atoms in total. The molecule has 1 amide bonds. The number of aliphatic hydroxyl groups is 1. The van der Waals surface area contributed by atoms with Crippen LogP contribution in [0.15, 0.2) is 0 Å². The van der Waals surface area contributed by atoms with Gasteiger partial charge in [0.25, 0.3) is 0 Å². The molecule has 1 unspecified atom stereocenters. The van der Waals surface area contributed by atoms with Gasteiger partial charge in [0.15, 0.2) is 0 Å². The molecule has 0 aliphatic heterocycles. The van der Waals surface area contributed by atoms with Gasteiger partial charge in [0.1, 0.15) is 0 Å². The van der Waals surface area contributed by atoms with Crippen LogP contribution in [-0.4, -0.2) is 36.1 Å². The van der Waals surface area contributed by atoms with Crippen LogP contribution < -0.4 is 0 Å². The van der Waals surface area contributed by atoms with Crippen molar-refractivity contribution in [1.29, 1.82) is 0 Å². The number of likely N-dealkylation sites (N-methyl/N-ethyl adjacent to an activating group) is 1. The number of hydrogen-bond acceptors (Lipinski definition) is 2. The normalized spacial score (nSPS) is 12.3. The Balaban J connectivity index is 3.70. The maximum atomic E-state index is 12.3. The maximum absolute atomic E-state index is 12.3. The van der Waals surface area contributed by atoms with Crippen molar-refractivity contribution in [3.05, 3.63) is 0 Å². The molecule has 3 heteroatoms. The van der Waals surface area contributed by atoms with Crippen LogP contribution in [0.3, 0.4) is 0 Å². The minimum absolute atomic E-state index is 0.0549. The second-order valence-electron chi connectivity index (χ2n) is 6.94. The molecule has 138 valence electrons. The number of rotatable bonds is 16. The van der Waals surface area contributed by atoms with Crippen LogP contribution in [0.4, 0.5) is 0 Å². The van der Waals surface area contributed by atoms with Gasteiger partial charge in [-0.05, 0) is 12.8 Å². The van der Waals surface area contributed by atoms with E-state index >= 15 is 0 Å². The Labute approximate surface area is 144 Å². The first-order valence-corrected chi connectivity index (χ1v) is 10.0. The largest absolute Gasteiger partial charge is 0.395 e. The lowest BCUT2D eigenvalue weighted by atomic mass is 9.94. The highest BCUT2D eigenvalue weighted by Crippen LogP contribution is 2.19. The van der Waals surface area contributed by atoms with Crippen LogP contribution in [0.5, 0.6) is 0 Å². The predicted molar refractivity (Wildman–Crippen MR) is 99.6 cm³/mol. The first kappa shape index (κ1) is 22.4. The third-order valence-corrected chi connectivity index (χ3v) is 4.70. The number of aliphatic hydroxyl groups excluding tert-OH is 1. The van der Waals surface area contributed by atoms with Crippen molar-refractivity contribution in [3.63, 3.8) is 0 Å². The Morgan fingerprint density at radius 2 is 1.35 bits per heavy atom. The summed E-state index contributed by atoms with van der Waals surface area (Å²) in [7, 11) is 1.81. The van der Waals surface area contributed by atoms with Crippen molar-refractivity contribution in [2.75, 3.05) is 20.2 Å². The van der Waals surface area contributed by atoms with Gasteiger partial charge in [0, 0.05) is 19.5 Å². The van der Waals surface area contributed by atoms with Crippen LogP contribution in [0.1, 0.15) is 97.3 Å². The minimum atomic E-state index is 0.0549. The summed E-state index contributed by atoms with van der Waals surface area (Å²) in [5, 5.41) is 8.97. The van der Waals surface area contributed by atoms with E-state index in [-0.39, 0.29) is 18.4 Å². The molecular formula is C20H41NO2. The van der Waals surface area contributed by atoms with Gasteiger partial charge < -0.3 is 10.0 Å². The van der Waals surface area contributed by atoms with Crippen molar-refractivity contribution in [1.82, 2.24) is 4.90 Å². The smallest absolute Gasteiger partial charge is 0.225 e. The Kier molecular flexibility index (Phi) is 15.9. The average Bonchev–Trinajstić information content (AvgIpc) is 2.55. The van der Waals surface area contributed by atoms with E-state index in [1.54, 1.807) is 11.9 Å². The molecule has 1 N–H and O–H groups in total. The molecule has 0 aromatic heterocycles. The second-order valence-corrected chi connectivity index (χ2v) is 6.94. The zero-order chi connectivity index (χ0) is 17.3. The summed E-state index contributed by atoms with van der Waals surface area (Å²) in [5.41, 5.74) is 0. The lowest BCUT2D eigenvalue weighted by Gasteiger charge is -2.23.